The highest BCUT2D eigenvalue weighted by atomic mass is 35.5. The van der Waals surface area contributed by atoms with Gasteiger partial charge >= 0.3 is 0 Å². The van der Waals surface area contributed by atoms with Crippen LogP contribution in [0.2, 0.25) is 5.02 Å². The van der Waals surface area contributed by atoms with Crippen LogP contribution in [0.5, 0.6) is 0 Å². The number of ether oxygens (including phenoxy) is 1. The molecule has 1 aromatic heterocycles. The molecule has 1 unspecified atom stereocenters. The van der Waals surface area contributed by atoms with Crippen molar-refractivity contribution in [2.24, 2.45) is 0 Å². The van der Waals surface area contributed by atoms with E-state index in [4.69, 9.17) is 16.3 Å². The summed E-state index contributed by atoms with van der Waals surface area (Å²) in [7, 11) is 0. The molecule has 0 saturated carbocycles. The molecule has 2 N–H and O–H groups in total. The standard InChI is InChI=1S/C24H20ClN3O3/c25-18-12-10-17(11-13-18)23(16-6-2-1-3-7-16)28-22(29)15-31-14-21-26-20-9-5-4-8-19(20)24(30)27-21/h1-13,23H,14-15H2,(H,28,29)(H,26,27,30). The highest BCUT2D eigenvalue weighted by molar-refractivity contribution is 6.30. The molecule has 0 saturated heterocycles. The number of H-pyrrole nitrogens is 1. The van der Waals surface area contributed by atoms with Crippen LogP contribution in [-0.4, -0.2) is 22.5 Å². The third kappa shape index (κ3) is 5.17. The van der Waals surface area contributed by atoms with E-state index in [0.29, 0.717) is 21.7 Å². The van der Waals surface area contributed by atoms with Gasteiger partial charge in [0, 0.05) is 5.02 Å². The van der Waals surface area contributed by atoms with E-state index >= 15 is 0 Å². The molecule has 156 valence electrons. The maximum atomic E-state index is 12.6. The van der Waals surface area contributed by atoms with Crippen molar-refractivity contribution in [1.29, 1.82) is 0 Å². The van der Waals surface area contributed by atoms with Crippen LogP contribution in [0.1, 0.15) is 23.0 Å². The summed E-state index contributed by atoms with van der Waals surface area (Å²) in [5.41, 5.74) is 2.20. The van der Waals surface area contributed by atoms with Crippen molar-refractivity contribution in [1.82, 2.24) is 15.3 Å². The van der Waals surface area contributed by atoms with Gasteiger partial charge < -0.3 is 15.0 Å². The van der Waals surface area contributed by atoms with Crippen molar-refractivity contribution in [2.75, 3.05) is 6.61 Å². The third-order valence-corrected chi connectivity index (χ3v) is 5.03. The second-order valence-corrected chi connectivity index (χ2v) is 7.42. The number of aromatic amines is 1. The number of amides is 1. The van der Waals surface area contributed by atoms with Crippen LogP contribution >= 0.6 is 11.6 Å². The molecule has 1 heterocycles. The van der Waals surface area contributed by atoms with Gasteiger partial charge in [0.2, 0.25) is 5.91 Å². The number of hydrogen-bond acceptors (Lipinski definition) is 4. The van der Waals surface area contributed by atoms with Crippen LogP contribution < -0.4 is 10.9 Å². The Kier molecular flexibility index (Phi) is 6.40. The number of fused-ring (bicyclic) bond motifs is 1. The highest BCUT2D eigenvalue weighted by Crippen LogP contribution is 2.23. The van der Waals surface area contributed by atoms with Gasteiger partial charge in [-0.2, -0.15) is 0 Å². The van der Waals surface area contributed by atoms with Gasteiger partial charge in [0.15, 0.2) is 0 Å². The quantitative estimate of drug-likeness (QED) is 0.461. The fourth-order valence-electron chi connectivity index (χ4n) is 3.31. The lowest BCUT2D eigenvalue weighted by atomic mass is 9.99. The topological polar surface area (TPSA) is 84.1 Å². The summed E-state index contributed by atoms with van der Waals surface area (Å²) in [6, 6.07) is 23.7. The fraction of sp³-hybridized carbons (Fsp3) is 0.125. The summed E-state index contributed by atoms with van der Waals surface area (Å²) >= 11 is 6.00. The number of nitrogens with zero attached hydrogens (tertiary/aromatic N) is 1. The van der Waals surface area contributed by atoms with Gasteiger partial charge in [0.1, 0.15) is 19.0 Å². The zero-order chi connectivity index (χ0) is 21.6. The van der Waals surface area contributed by atoms with Crippen molar-refractivity contribution in [3.63, 3.8) is 0 Å². The predicted molar refractivity (Wildman–Crippen MR) is 120 cm³/mol. The molecule has 0 aliphatic heterocycles. The Morgan fingerprint density at radius 1 is 0.968 bits per heavy atom. The maximum Gasteiger partial charge on any atom is 0.258 e. The highest BCUT2D eigenvalue weighted by Gasteiger charge is 2.17. The zero-order valence-electron chi connectivity index (χ0n) is 16.5. The molecular formula is C24H20ClN3O3. The number of rotatable bonds is 7. The van der Waals surface area contributed by atoms with Gasteiger partial charge in [0.25, 0.3) is 5.56 Å². The second kappa shape index (κ2) is 9.55. The van der Waals surface area contributed by atoms with Crippen LogP contribution in [0, 0.1) is 0 Å². The number of benzene rings is 3. The van der Waals surface area contributed by atoms with E-state index in [1.807, 2.05) is 48.5 Å². The molecule has 31 heavy (non-hydrogen) atoms. The Hall–Kier alpha value is -3.48. The van der Waals surface area contributed by atoms with E-state index in [0.717, 1.165) is 11.1 Å². The Balaban J connectivity index is 1.42. The minimum atomic E-state index is -0.340. The van der Waals surface area contributed by atoms with E-state index in [1.165, 1.54) is 0 Å². The summed E-state index contributed by atoms with van der Waals surface area (Å²) in [5, 5.41) is 4.14. The Morgan fingerprint density at radius 3 is 2.42 bits per heavy atom. The fourth-order valence-corrected chi connectivity index (χ4v) is 3.43. The molecule has 0 aliphatic carbocycles. The number of para-hydroxylation sites is 1. The van der Waals surface area contributed by atoms with Crippen LogP contribution in [-0.2, 0) is 16.1 Å². The molecule has 6 nitrogen and oxygen atoms in total. The van der Waals surface area contributed by atoms with Gasteiger partial charge in [-0.3, -0.25) is 9.59 Å². The lowest BCUT2D eigenvalue weighted by Crippen LogP contribution is -2.32. The summed E-state index contributed by atoms with van der Waals surface area (Å²) in [4.78, 5) is 31.8. The second-order valence-electron chi connectivity index (χ2n) is 6.99. The van der Waals surface area contributed by atoms with Crippen molar-refractivity contribution in [3.8, 4) is 0 Å². The van der Waals surface area contributed by atoms with E-state index in [2.05, 4.69) is 15.3 Å². The van der Waals surface area contributed by atoms with Crippen LogP contribution in [0.3, 0.4) is 0 Å². The van der Waals surface area contributed by atoms with Gasteiger partial charge in [-0.25, -0.2) is 4.98 Å². The molecule has 1 amide bonds. The predicted octanol–water partition coefficient (Wildman–Crippen LogP) is 4.00. The lowest BCUT2D eigenvalue weighted by Gasteiger charge is -2.20. The molecule has 0 bridgehead atoms. The number of halogens is 1. The van der Waals surface area contributed by atoms with E-state index in [-0.39, 0.29) is 30.7 Å². The molecule has 0 aliphatic rings. The number of carbonyl (C=O) groups excluding carboxylic acids is 1. The first kappa shape index (κ1) is 20.8. The summed E-state index contributed by atoms with van der Waals surface area (Å²) in [6.07, 6.45) is 0. The number of hydrogen-bond donors (Lipinski definition) is 2. The Morgan fingerprint density at radius 2 is 1.65 bits per heavy atom. The summed E-state index contributed by atoms with van der Waals surface area (Å²) in [5.74, 6) is 0.0840. The molecule has 4 rings (SSSR count). The smallest absolute Gasteiger partial charge is 0.258 e. The van der Waals surface area contributed by atoms with Crippen LogP contribution in [0.4, 0.5) is 0 Å². The number of nitrogens with one attached hydrogen (secondary N) is 2. The van der Waals surface area contributed by atoms with Crippen molar-refractivity contribution in [2.45, 2.75) is 12.6 Å². The van der Waals surface area contributed by atoms with E-state index in [1.54, 1.807) is 30.3 Å². The first-order valence-electron chi connectivity index (χ1n) is 9.75. The minimum absolute atomic E-state index is 0.0183. The SMILES string of the molecule is O=C(COCc1nc2ccccc2c(=O)[nH]1)NC(c1ccccc1)c1ccc(Cl)cc1. The van der Waals surface area contributed by atoms with E-state index < -0.39 is 0 Å². The van der Waals surface area contributed by atoms with Crippen LogP contribution in [0.15, 0.2) is 83.7 Å². The Labute approximate surface area is 183 Å². The van der Waals surface area contributed by atoms with E-state index in [9.17, 15) is 9.59 Å². The van der Waals surface area contributed by atoms with Crippen LogP contribution in [0.25, 0.3) is 10.9 Å². The normalized spacial score (nSPS) is 11.9. The number of aromatic nitrogens is 2. The van der Waals surface area contributed by atoms with Crippen molar-refractivity contribution in [3.05, 3.63) is 111 Å². The largest absolute Gasteiger partial charge is 0.364 e. The first-order chi connectivity index (χ1) is 15.1. The lowest BCUT2D eigenvalue weighted by molar-refractivity contribution is -0.126. The molecule has 0 spiro atoms. The van der Waals surface area contributed by atoms with Gasteiger partial charge in [-0.15, -0.1) is 0 Å². The molecule has 7 heteroatoms. The molecular weight excluding hydrogens is 414 g/mol. The zero-order valence-corrected chi connectivity index (χ0v) is 17.3. The average Bonchev–Trinajstić information content (AvgIpc) is 2.79. The minimum Gasteiger partial charge on any atom is -0.364 e. The first-order valence-corrected chi connectivity index (χ1v) is 10.1. The van der Waals surface area contributed by atoms with Crippen molar-refractivity contribution < 1.29 is 9.53 Å². The molecule has 0 fully saturated rings. The third-order valence-electron chi connectivity index (χ3n) is 4.78. The van der Waals surface area contributed by atoms with Gasteiger partial charge in [0.05, 0.1) is 16.9 Å². The summed E-state index contributed by atoms with van der Waals surface area (Å²) < 4.78 is 5.51. The molecule has 4 aromatic rings. The number of carbonyl (C=O) groups is 1. The Bertz CT molecular complexity index is 1240. The van der Waals surface area contributed by atoms with Crippen molar-refractivity contribution >= 4 is 28.4 Å². The maximum absolute atomic E-state index is 12.6. The summed E-state index contributed by atoms with van der Waals surface area (Å²) in [6.45, 7) is -0.155. The molecule has 0 radical (unpaired) electrons. The average molecular weight is 434 g/mol. The monoisotopic (exact) mass is 433 g/mol. The van der Waals surface area contributed by atoms with Gasteiger partial charge in [-0.05, 0) is 35.4 Å². The molecule has 1 atom stereocenters. The molecule has 3 aromatic carbocycles. The van der Waals surface area contributed by atoms with Gasteiger partial charge in [-0.1, -0.05) is 66.2 Å².